The van der Waals surface area contributed by atoms with E-state index in [4.69, 9.17) is 0 Å². The van der Waals surface area contributed by atoms with Gasteiger partial charge in [0, 0.05) is 44.1 Å². The first-order chi connectivity index (χ1) is 16.1. The summed E-state index contributed by atoms with van der Waals surface area (Å²) in [5.41, 5.74) is 1.94. The summed E-state index contributed by atoms with van der Waals surface area (Å²) in [5.74, 6) is 0.853. The first kappa shape index (κ1) is 22.8. The van der Waals surface area contributed by atoms with Gasteiger partial charge in [-0.1, -0.05) is 48.2 Å². The second-order valence-corrected chi connectivity index (χ2v) is 8.67. The minimum absolute atomic E-state index is 0.0988. The fourth-order valence-electron chi connectivity index (χ4n) is 3.81. The van der Waals surface area contributed by atoms with Crippen molar-refractivity contribution in [2.75, 3.05) is 42.1 Å². The fourth-order valence-corrected chi connectivity index (χ4v) is 4.74. The minimum Gasteiger partial charge on any atom is -0.368 e. The first-order valence-electron chi connectivity index (χ1n) is 11.1. The first-order valence-corrected chi connectivity index (χ1v) is 12.1. The van der Waals surface area contributed by atoms with E-state index in [2.05, 4.69) is 32.5 Å². The van der Waals surface area contributed by atoms with Crippen molar-refractivity contribution < 1.29 is 9.59 Å². The van der Waals surface area contributed by atoms with Crippen molar-refractivity contribution in [1.82, 2.24) is 19.7 Å². The Morgan fingerprint density at radius 2 is 1.61 bits per heavy atom. The van der Waals surface area contributed by atoms with Crippen LogP contribution < -0.4 is 10.2 Å². The topological polar surface area (TPSA) is 83.4 Å². The van der Waals surface area contributed by atoms with Crippen molar-refractivity contribution in [1.29, 1.82) is 0 Å². The quantitative estimate of drug-likeness (QED) is 0.516. The highest BCUT2D eigenvalue weighted by atomic mass is 32.2. The number of hydrogen-bond acceptors (Lipinski definition) is 6. The van der Waals surface area contributed by atoms with E-state index in [0.717, 1.165) is 18.8 Å². The van der Waals surface area contributed by atoms with Crippen LogP contribution in [0.25, 0.3) is 0 Å². The summed E-state index contributed by atoms with van der Waals surface area (Å²) in [6, 6.07) is 19.6. The molecule has 1 saturated heterocycles. The Balaban J connectivity index is 1.28. The Morgan fingerprint density at radius 1 is 0.939 bits per heavy atom. The van der Waals surface area contributed by atoms with Gasteiger partial charge >= 0.3 is 0 Å². The highest BCUT2D eigenvalue weighted by Gasteiger charge is 2.22. The van der Waals surface area contributed by atoms with E-state index in [1.54, 1.807) is 0 Å². The normalized spacial score (nSPS) is 13.7. The monoisotopic (exact) mass is 464 g/mol. The molecule has 1 N–H and O–H groups in total. The average molecular weight is 465 g/mol. The zero-order chi connectivity index (χ0) is 23.0. The highest BCUT2D eigenvalue weighted by molar-refractivity contribution is 7.99. The van der Waals surface area contributed by atoms with Gasteiger partial charge in [-0.05, 0) is 31.2 Å². The number of rotatable bonds is 8. The number of para-hydroxylation sites is 2. The lowest BCUT2D eigenvalue weighted by Gasteiger charge is -2.36. The number of hydrogen-bond donors (Lipinski definition) is 1. The van der Waals surface area contributed by atoms with Crippen LogP contribution in [-0.4, -0.2) is 63.4 Å². The van der Waals surface area contributed by atoms with Crippen molar-refractivity contribution in [3.8, 4) is 0 Å². The maximum Gasteiger partial charge on any atom is 0.233 e. The van der Waals surface area contributed by atoms with E-state index < -0.39 is 0 Å². The molecule has 3 aromatic rings. The summed E-state index contributed by atoms with van der Waals surface area (Å²) in [7, 11) is 0. The predicted octanol–water partition coefficient (Wildman–Crippen LogP) is 2.92. The summed E-state index contributed by atoms with van der Waals surface area (Å²) in [5, 5.41) is 12.0. The van der Waals surface area contributed by atoms with E-state index in [-0.39, 0.29) is 18.2 Å². The number of carbonyl (C=O) groups excluding carboxylic acids is 2. The third kappa shape index (κ3) is 5.92. The molecule has 1 fully saturated rings. The smallest absolute Gasteiger partial charge is 0.233 e. The fraction of sp³-hybridized carbons (Fsp3) is 0.333. The van der Waals surface area contributed by atoms with Crippen LogP contribution in [-0.2, 0) is 22.6 Å². The molecule has 9 heteroatoms. The molecule has 0 aliphatic carbocycles. The molecule has 2 aromatic carbocycles. The summed E-state index contributed by atoms with van der Waals surface area (Å²) in [6.45, 7) is 5.68. The number of carbonyl (C=O) groups is 2. The van der Waals surface area contributed by atoms with Gasteiger partial charge in [-0.2, -0.15) is 0 Å². The van der Waals surface area contributed by atoms with E-state index in [1.165, 1.54) is 17.4 Å². The molecule has 1 aliphatic heterocycles. The Kier molecular flexibility index (Phi) is 7.62. The van der Waals surface area contributed by atoms with Crippen LogP contribution in [0.3, 0.4) is 0 Å². The molecule has 1 aromatic heterocycles. The van der Waals surface area contributed by atoms with Crippen LogP contribution in [0, 0.1) is 0 Å². The molecule has 0 radical (unpaired) electrons. The number of anilines is 2. The number of aromatic nitrogens is 3. The van der Waals surface area contributed by atoms with E-state index in [9.17, 15) is 9.59 Å². The maximum atomic E-state index is 12.8. The number of benzene rings is 2. The van der Waals surface area contributed by atoms with E-state index in [1.807, 2.05) is 64.9 Å². The maximum absolute atomic E-state index is 12.8. The summed E-state index contributed by atoms with van der Waals surface area (Å²) < 4.78 is 1.90. The van der Waals surface area contributed by atoms with E-state index in [0.29, 0.717) is 36.4 Å². The second kappa shape index (κ2) is 11.0. The van der Waals surface area contributed by atoms with Crippen LogP contribution in [0.1, 0.15) is 12.7 Å². The zero-order valence-corrected chi connectivity index (χ0v) is 19.5. The molecule has 0 bridgehead atoms. The molecular formula is C24H28N6O2S. The van der Waals surface area contributed by atoms with Gasteiger partial charge in [-0.25, -0.2) is 0 Å². The lowest BCUT2D eigenvalue weighted by molar-refractivity contribution is -0.128. The standard InChI is InChI=1S/C24H28N6O2S/c1-2-30-21(17-22(31)25-19-9-5-3-6-10-19)26-27-24(30)33-18-23(32)29-15-13-28(14-16-29)20-11-7-4-8-12-20/h3-12H,2,13-18H2,1H3,(H,25,31). The third-order valence-electron chi connectivity index (χ3n) is 5.56. The van der Waals surface area contributed by atoms with Gasteiger partial charge in [0.25, 0.3) is 0 Å². The van der Waals surface area contributed by atoms with Crippen LogP contribution in [0.5, 0.6) is 0 Å². The molecule has 0 saturated carbocycles. The van der Waals surface area contributed by atoms with E-state index >= 15 is 0 Å². The van der Waals surface area contributed by atoms with Gasteiger partial charge in [-0.15, -0.1) is 10.2 Å². The van der Waals surface area contributed by atoms with Crippen LogP contribution in [0.4, 0.5) is 11.4 Å². The largest absolute Gasteiger partial charge is 0.368 e. The molecule has 0 spiro atoms. The number of nitrogens with one attached hydrogen (secondary N) is 1. The Labute approximate surface area is 198 Å². The molecule has 2 amide bonds. The number of piperazine rings is 1. The summed E-state index contributed by atoms with van der Waals surface area (Å²) >= 11 is 1.38. The Hall–Kier alpha value is -3.33. The van der Waals surface area contributed by atoms with Crippen molar-refractivity contribution in [3.05, 3.63) is 66.5 Å². The van der Waals surface area contributed by atoms with Crippen LogP contribution in [0.15, 0.2) is 65.8 Å². The Morgan fingerprint density at radius 3 is 2.27 bits per heavy atom. The minimum atomic E-state index is -0.146. The number of amides is 2. The molecular weight excluding hydrogens is 436 g/mol. The zero-order valence-electron chi connectivity index (χ0n) is 18.7. The lowest BCUT2D eigenvalue weighted by atomic mass is 10.2. The molecule has 2 heterocycles. The van der Waals surface area contributed by atoms with Gasteiger partial charge in [0.1, 0.15) is 5.82 Å². The molecule has 0 atom stereocenters. The van der Waals surface area contributed by atoms with Crippen molar-refractivity contribution in [3.63, 3.8) is 0 Å². The van der Waals surface area contributed by atoms with Gasteiger partial charge in [0.2, 0.25) is 11.8 Å². The van der Waals surface area contributed by atoms with Crippen LogP contribution in [0.2, 0.25) is 0 Å². The molecule has 1 aliphatic rings. The SMILES string of the molecule is CCn1c(CC(=O)Nc2ccccc2)nnc1SCC(=O)N1CCN(c2ccccc2)CC1. The van der Waals surface area contributed by atoms with Gasteiger partial charge < -0.3 is 19.7 Å². The van der Waals surface area contributed by atoms with Crippen molar-refractivity contribution in [2.24, 2.45) is 0 Å². The number of thioether (sulfide) groups is 1. The summed E-state index contributed by atoms with van der Waals surface area (Å²) in [6.07, 6.45) is 0.131. The van der Waals surface area contributed by atoms with Gasteiger partial charge in [-0.3, -0.25) is 9.59 Å². The molecule has 8 nitrogen and oxygen atoms in total. The predicted molar refractivity (Wildman–Crippen MR) is 130 cm³/mol. The van der Waals surface area contributed by atoms with Crippen molar-refractivity contribution >= 4 is 35.0 Å². The highest BCUT2D eigenvalue weighted by Crippen LogP contribution is 2.20. The molecule has 0 unspecified atom stereocenters. The van der Waals surface area contributed by atoms with Crippen LogP contribution >= 0.6 is 11.8 Å². The van der Waals surface area contributed by atoms with Crippen molar-refractivity contribution in [2.45, 2.75) is 25.0 Å². The molecule has 172 valence electrons. The van der Waals surface area contributed by atoms with Gasteiger partial charge in [0.05, 0.1) is 12.2 Å². The third-order valence-corrected chi connectivity index (χ3v) is 6.52. The second-order valence-electron chi connectivity index (χ2n) is 7.73. The number of nitrogens with zero attached hydrogens (tertiary/aromatic N) is 5. The summed E-state index contributed by atoms with van der Waals surface area (Å²) in [4.78, 5) is 29.4. The average Bonchev–Trinajstić information content (AvgIpc) is 3.24. The molecule has 33 heavy (non-hydrogen) atoms. The lowest BCUT2D eigenvalue weighted by Crippen LogP contribution is -2.49. The molecule has 4 rings (SSSR count). The Bertz CT molecular complexity index is 1070. The van der Waals surface area contributed by atoms with Gasteiger partial charge in [0.15, 0.2) is 5.16 Å².